The number of anilines is 1. The predicted molar refractivity (Wildman–Crippen MR) is 137 cm³/mol. The van der Waals surface area contributed by atoms with Crippen LogP contribution in [0.15, 0.2) is 53.0 Å². The molecule has 1 N–H and O–H groups in total. The first-order valence-corrected chi connectivity index (χ1v) is 13.6. The summed E-state index contributed by atoms with van der Waals surface area (Å²) in [5.74, 6) is 0.0796. The predicted octanol–water partition coefficient (Wildman–Crippen LogP) is 3.56. The number of nitrogens with zero attached hydrogens (tertiary/aromatic N) is 2. The van der Waals surface area contributed by atoms with Gasteiger partial charge in [0.1, 0.15) is 11.8 Å². The molecule has 0 bridgehead atoms. The van der Waals surface area contributed by atoms with Crippen LogP contribution in [0.2, 0.25) is 0 Å². The van der Waals surface area contributed by atoms with Crippen molar-refractivity contribution in [3.8, 4) is 5.75 Å². The Balaban J connectivity index is 2.16. The Morgan fingerprint density at radius 2 is 1.85 bits per heavy atom. The van der Waals surface area contributed by atoms with E-state index in [1.807, 2.05) is 31.2 Å². The van der Waals surface area contributed by atoms with Crippen LogP contribution in [-0.2, 0) is 26.2 Å². The maximum Gasteiger partial charge on any atom is 0.242 e. The van der Waals surface area contributed by atoms with E-state index in [2.05, 4.69) is 21.2 Å². The molecule has 0 fully saturated rings. The second kappa shape index (κ2) is 12.8. The number of benzene rings is 2. The lowest BCUT2D eigenvalue weighted by atomic mass is 10.1. The van der Waals surface area contributed by atoms with Gasteiger partial charge in [0.25, 0.3) is 0 Å². The molecule has 0 aliphatic carbocycles. The first-order valence-electron chi connectivity index (χ1n) is 11.0. The van der Waals surface area contributed by atoms with Gasteiger partial charge in [-0.3, -0.25) is 13.9 Å². The summed E-state index contributed by atoms with van der Waals surface area (Å²) in [6.45, 7) is 4.37. The van der Waals surface area contributed by atoms with Crippen LogP contribution in [0.4, 0.5) is 5.69 Å². The van der Waals surface area contributed by atoms with E-state index in [1.165, 1.54) is 16.3 Å². The number of likely N-dealkylation sites (N-methyl/N-ethyl adjacent to an activating group) is 1. The number of sulfonamides is 1. The van der Waals surface area contributed by atoms with Crippen molar-refractivity contribution in [2.24, 2.45) is 0 Å². The lowest BCUT2D eigenvalue weighted by Gasteiger charge is -2.29. The SMILES string of the molecule is CCNC(=O)[C@H](C)N(Cc1cccc(Br)c1)C(=O)CCCN(c1cccc(OC)c1)S(C)(=O)=O. The van der Waals surface area contributed by atoms with Crippen LogP contribution in [0.3, 0.4) is 0 Å². The Labute approximate surface area is 210 Å². The van der Waals surface area contributed by atoms with E-state index >= 15 is 0 Å². The van der Waals surface area contributed by atoms with Crippen molar-refractivity contribution in [1.82, 2.24) is 10.2 Å². The third-order valence-corrected chi connectivity index (χ3v) is 6.94. The third kappa shape index (κ3) is 8.02. The number of rotatable bonds is 12. The number of methoxy groups -OCH3 is 1. The molecule has 0 saturated heterocycles. The molecule has 186 valence electrons. The van der Waals surface area contributed by atoms with Crippen LogP contribution in [0.5, 0.6) is 5.75 Å². The minimum Gasteiger partial charge on any atom is -0.497 e. The van der Waals surface area contributed by atoms with Crippen molar-refractivity contribution in [2.45, 2.75) is 39.3 Å². The van der Waals surface area contributed by atoms with Crippen LogP contribution in [-0.4, -0.2) is 57.6 Å². The summed E-state index contributed by atoms with van der Waals surface area (Å²) in [6.07, 6.45) is 1.51. The minimum absolute atomic E-state index is 0.0910. The highest BCUT2D eigenvalue weighted by molar-refractivity contribution is 9.10. The Hall–Kier alpha value is -2.59. The molecule has 0 heterocycles. The largest absolute Gasteiger partial charge is 0.497 e. The number of hydrogen-bond donors (Lipinski definition) is 1. The van der Waals surface area contributed by atoms with Crippen LogP contribution in [0.25, 0.3) is 0 Å². The quantitative estimate of drug-likeness (QED) is 0.433. The molecule has 34 heavy (non-hydrogen) atoms. The average Bonchev–Trinajstić information content (AvgIpc) is 2.79. The van der Waals surface area contributed by atoms with E-state index in [0.717, 1.165) is 16.3 Å². The lowest BCUT2D eigenvalue weighted by molar-refractivity contribution is -0.140. The van der Waals surface area contributed by atoms with E-state index in [9.17, 15) is 18.0 Å². The van der Waals surface area contributed by atoms with Crippen LogP contribution >= 0.6 is 15.9 Å². The summed E-state index contributed by atoms with van der Waals surface area (Å²) in [5.41, 5.74) is 1.35. The topological polar surface area (TPSA) is 96.0 Å². The molecule has 2 rings (SSSR count). The zero-order valence-electron chi connectivity index (χ0n) is 20.0. The van der Waals surface area contributed by atoms with Crippen molar-refractivity contribution in [3.05, 3.63) is 58.6 Å². The molecule has 0 aromatic heterocycles. The first kappa shape index (κ1) is 27.7. The summed E-state index contributed by atoms with van der Waals surface area (Å²) < 4.78 is 32.2. The average molecular weight is 555 g/mol. The number of amides is 2. The monoisotopic (exact) mass is 553 g/mol. The summed E-state index contributed by atoms with van der Waals surface area (Å²) in [7, 11) is -2.06. The van der Waals surface area contributed by atoms with Gasteiger partial charge in [-0.1, -0.05) is 34.1 Å². The molecule has 0 radical (unpaired) electrons. The molecule has 0 aliphatic heterocycles. The highest BCUT2D eigenvalue weighted by Crippen LogP contribution is 2.24. The fraction of sp³-hybridized carbons (Fsp3) is 0.417. The summed E-state index contributed by atoms with van der Waals surface area (Å²) in [6, 6.07) is 13.7. The maximum atomic E-state index is 13.2. The van der Waals surface area contributed by atoms with Gasteiger partial charge in [-0.2, -0.15) is 0 Å². The van der Waals surface area contributed by atoms with Crippen molar-refractivity contribution in [1.29, 1.82) is 0 Å². The molecule has 10 heteroatoms. The van der Waals surface area contributed by atoms with Gasteiger partial charge in [-0.05, 0) is 50.1 Å². The number of ether oxygens (including phenoxy) is 1. The van der Waals surface area contributed by atoms with E-state index in [4.69, 9.17) is 4.74 Å². The molecule has 0 aliphatic rings. The molecule has 8 nitrogen and oxygen atoms in total. The van der Waals surface area contributed by atoms with Gasteiger partial charge in [0, 0.05) is 36.6 Å². The minimum atomic E-state index is -3.57. The van der Waals surface area contributed by atoms with Gasteiger partial charge in [-0.25, -0.2) is 8.42 Å². The number of carbonyl (C=O) groups is 2. The number of hydrogen-bond acceptors (Lipinski definition) is 5. The van der Waals surface area contributed by atoms with Crippen molar-refractivity contribution < 1.29 is 22.7 Å². The van der Waals surface area contributed by atoms with Crippen molar-refractivity contribution >= 4 is 43.5 Å². The van der Waals surface area contributed by atoms with Crippen LogP contribution < -0.4 is 14.4 Å². The molecule has 0 saturated carbocycles. The highest BCUT2D eigenvalue weighted by atomic mass is 79.9. The van der Waals surface area contributed by atoms with Gasteiger partial charge >= 0.3 is 0 Å². The van der Waals surface area contributed by atoms with Gasteiger partial charge in [0.2, 0.25) is 21.8 Å². The Bertz CT molecular complexity index is 1090. The normalized spacial score (nSPS) is 12.0. The molecule has 1 atom stereocenters. The molecular weight excluding hydrogens is 522 g/mol. The van der Waals surface area contributed by atoms with E-state index in [0.29, 0.717) is 24.4 Å². The fourth-order valence-corrected chi connectivity index (χ4v) is 4.91. The van der Waals surface area contributed by atoms with Crippen LogP contribution in [0.1, 0.15) is 32.3 Å². The number of nitrogens with one attached hydrogen (secondary N) is 1. The van der Waals surface area contributed by atoms with E-state index < -0.39 is 16.1 Å². The molecule has 2 amide bonds. The maximum absolute atomic E-state index is 13.2. The standard InChI is InChI=1S/C24H32BrN3O5S/c1-5-26-24(30)18(2)27(17-19-9-6-10-20(25)15-19)23(29)13-8-14-28(34(4,31)32)21-11-7-12-22(16-21)33-3/h6-7,9-12,15-16,18H,5,8,13-14,17H2,1-4H3,(H,26,30)/t18-/m0/s1. The number of carbonyl (C=O) groups excluding carboxylic acids is 2. The van der Waals surface area contributed by atoms with E-state index in [1.54, 1.807) is 31.2 Å². The first-order chi connectivity index (χ1) is 16.1. The summed E-state index contributed by atoms with van der Waals surface area (Å²) in [4.78, 5) is 27.2. The Morgan fingerprint density at radius 1 is 1.15 bits per heavy atom. The zero-order valence-corrected chi connectivity index (χ0v) is 22.4. The molecule has 2 aromatic carbocycles. The third-order valence-electron chi connectivity index (χ3n) is 5.25. The van der Waals surface area contributed by atoms with Crippen molar-refractivity contribution in [3.63, 3.8) is 0 Å². The second-order valence-electron chi connectivity index (χ2n) is 7.86. The molecule has 0 spiro atoms. The van der Waals surface area contributed by atoms with Gasteiger partial charge in [0.15, 0.2) is 0 Å². The second-order valence-corrected chi connectivity index (χ2v) is 10.7. The zero-order chi connectivity index (χ0) is 25.3. The molecule has 0 unspecified atom stereocenters. The fourth-order valence-electron chi connectivity index (χ4n) is 3.51. The molecular formula is C24H32BrN3O5S. The number of halogens is 1. The smallest absolute Gasteiger partial charge is 0.242 e. The summed E-state index contributed by atoms with van der Waals surface area (Å²) >= 11 is 3.43. The lowest BCUT2D eigenvalue weighted by Crippen LogP contribution is -2.47. The summed E-state index contributed by atoms with van der Waals surface area (Å²) in [5, 5.41) is 2.76. The van der Waals surface area contributed by atoms with E-state index in [-0.39, 0.29) is 31.3 Å². The van der Waals surface area contributed by atoms with Gasteiger partial charge < -0.3 is 15.0 Å². The highest BCUT2D eigenvalue weighted by Gasteiger charge is 2.26. The van der Waals surface area contributed by atoms with Gasteiger partial charge in [0.05, 0.1) is 19.1 Å². The van der Waals surface area contributed by atoms with Crippen LogP contribution in [0, 0.1) is 0 Å². The van der Waals surface area contributed by atoms with Gasteiger partial charge in [-0.15, -0.1) is 0 Å². The Kier molecular flexibility index (Phi) is 10.4. The Morgan fingerprint density at radius 3 is 2.47 bits per heavy atom. The van der Waals surface area contributed by atoms with Crippen molar-refractivity contribution in [2.75, 3.05) is 30.8 Å². The molecule has 2 aromatic rings.